The average molecular weight is 1510 g/mol. The second kappa shape index (κ2) is 61.5. The third-order valence-corrected chi connectivity index (χ3v) is 21.3. The summed E-state index contributed by atoms with van der Waals surface area (Å²) in [7, 11) is 0. The Bertz CT molecular complexity index is 2250. The molecule has 0 radical (unpaired) electrons. The molecule has 0 aromatic heterocycles. The van der Waals surface area contributed by atoms with E-state index in [4.69, 9.17) is 28.4 Å². The zero-order valence-electron chi connectivity index (χ0n) is 65.8. The van der Waals surface area contributed by atoms with Gasteiger partial charge >= 0.3 is 5.97 Å². The summed E-state index contributed by atoms with van der Waals surface area (Å²) in [6, 6.07) is -2.62. The number of allylic oxidation sites excluding steroid dienone is 5. The number of aliphatic carboxylic acids is 1. The lowest BCUT2D eigenvalue weighted by Gasteiger charge is -2.50. The smallest absolute Gasteiger partial charge is 0.364 e. The van der Waals surface area contributed by atoms with E-state index in [1.807, 2.05) is 6.08 Å². The highest BCUT2D eigenvalue weighted by Crippen LogP contribution is 2.39. The number of carboxylic acids is 1. The fourth-order valence-electron chi connectivity index (χ4n) is 14.6. The van der Waals surface area contributed by atoms with Crippen LogP contribution in [-0.2, 0) is 42.8 Å². The van der Waals surface area contributed by atoms with Crippen LogP contribution in [0.5, 0.6) is 0 Å². The summed E-state index contributed by atoms with van der Waals surface area (Å²) in [5.41, 5.74) is 0. The maximum atomic E-state index is 13.6. The lowest BCUT2D eigenvalue weighted by molar-refractivity contribution is -0.386. The molecule has 23 nitrogen and oxygen atoms in total. The fraction of sp³-hybridized carbons (Fsp3) is 0.892. The second-order valence-corrected chi connectivity index (χ2v) is 30.7. The highest BCUT2D eigenvalue weighted by Gasteiger charge is 2.60. The molecule has 0 spiro atoms. The third kappa shape index (κ3) is 40.9. The largest absolute Gasteiger partial charge is 0.477 e. The van der Waals surface area contributed by atoms with E-state index in [9.17, 15) is 75.7 Å². The number of carbonyl (C=O) groups is 3. The van der Waals surface area contributed by atoms with Gasteiger partial charge in [-0.25, -0.2) is 4.79 Å². The van der Waals surface area contributed by atoms with Gasteiger partial charge in [-0.1, -0.05) is 301 Å². The number of hydrogen-bond acceptors (Lipinski definition) is 20. The molecule has 3 aliphatic heterocycles. The van der Waals surface area contributed by atoms with Crippen molar-refractivity contribution in [3.8, 4) is 0 Å². The summed E-state index contributed by atoms with van der Waals surface area (Å²) in [6.07, 6.45) is 41.7. The summed E-state index contributed by atoms with van der Waals surface area (Å²) in [5.74, 6) is -6.14. The van der Waals surface area contributed by atoms with Crippen molar-refractivity contribution in [3.05, 3.63) is 36.5 Å². The SMILES string of the molecule is CCCCCCCCCCC/C=C\C/C=C\CCCCCCCCCCCCCC(=O)NC(COC1OC(CO)C(OC2OC(CO)C(O)C(OC3(C(=O)O)CC(O)C(NC(C)=O)C(C(O)C(O)CO)O3)C2O)C(O)C1O)C(O)/C=C/CCCCCCCCCCCCCCCCCCCCCCCCC. The van der Waals surface area contributed by atoms with E-state index >= 15 is 0 Å². The van der Waals surface area contributed by atoms with E-state index in [-0.39, 0.29) is 12.3 Å². The van der Waals surface area contributed by atoms with Crippen LogP contribution in [0, 0.1) is 0 Å². The van der Waals surface area contributed by atoms with E-state index in [1.165, 1.54) is 231 Å². The molecule has 0 bridgehead atoms. The number of hydrogen-bond donors (Lipinski definition) is 14. The van der Waals surface area contributed by atoms with E-state index in [1.54, 1.807) is 6.08 Å². The van der Waals surface area contributed by atoms with Crippen LogP contribution in [0.4, 0.5) is 0 Å². The lowest BCUT2D eigenvalue weighted by atomic mass is 9.88. The number of carbonyl (C=O) groups excluding carboxylic acids is 2. The van der Waals surface area contributed by atoms with Crippen LogP contribution < -0.4 is 10.6 Å². The van der Waals surface area contributed by atoms with Crippen molar-refractivity contribution in [1.82, 2.24) is 10.6 Å². The Morgan fingerprint density at radius 2 is 0.915 bits per heavy atom. The van der Waals surface area contributed by atoms with E-state index in [0.717, 1.165) is 64.7 Å². The first-order valence-corrected chi connectivity index (χ1v) is 42.4. The minimum Gasteiger partial charge on any atom is -0.477 e. The molecule has 3 fully saturated rings. The van der Waals surface area contributed by atoms with Crippen molar-refractivity contribution in [1.29, 1.82) is 0 Å². The predicted octanol–water partition coefficient (Wildman–Crippen LogP) is 12.1. The van der Waals surface area contributed by atoms with E-state index in [0.29, 0.717) is 12.8 Å². The van der Waals surface area contributed by atoms with Crippen molar-refractivity contribution in [2.75, 3.05) is 26.4 Å². The molecule has 0 saturated carbocycles. The van der Waals surface area contributed by atoms with Gasteiger partial charge in [0.05, 0.1) is 50.7 Å². The molecule has 106 heavy (non-hydrogen) atoms. The first kappa shape index (κ1) is 97.1. The third-order valence-electron chi connectivity index (χ3n) is 21.3. The zero-order valence-corrected chi connectivity index (χ0v) is 65.8. The highest BCUT2D eigenvalue weighted by atomic mass is 16.8. The standard InChI is InChI=1S/C83H152N2O21/c1-4-6-8-10-12-14-16-18-20-22-24-26-28-30-31-33-35-37-39-41-43-45-47-49-51-53-55-57-70(93)85-64(65(90)56-54-52-50-48-46-44-42-40-38-36-34-32-29-27-25-23-21-19-17-15-13-11-9-7-5-2)62-101-80-75(97)74(96)77(69(61-88)103-80)104-81-76(98)79(73(95)68(60-87)102-81)106-83(82(99)100)58-66(91)71(84-63(3)89)78(105-83)72(94)67(92)59-86/h24,26,30-31,54,56,64-69,71-81,86-88,90-92,94-98H,4-23,25,27-29,32-53,55,57-62H2,1-3H3,(H,84,89)(H,85,93)(H,99,100)/b26-24-,31-30-,56-54+. The Kier molecular flexibility index (Phi) is 56.4. The maximum Gasteiger partial charge on any atom is 0.364 e. The van der Waals surface area contributed by atoms with Crippen LogP contribution >= 0.6 is 0 Å². The topological polar surface area (TPSA) is 373 Å². The molecule has 2 amide bonds. The maximum absolute atomic E-state index is 13.6. The molecular formula is C83H152N2O21. The van der Waals surface area contributed by atoms with Crippen LogP contribution in [0.15, 0.2) is 36.5 Å². The molecule has 18 atom stereocenters. The number of nitrogens with one attached hydrogen (secondary N) is 2. The van der Waals surface area contributed by atoms with Crippen molar-refractivity contribution in [2.45, 2.75) is 445 Å². The number of amides is 2. The number of aliphatic hydroxyl groups excluding tert-OH is 11. The number of aliphatic hydroxyl groups is 11. The van der Waals surface area contributed by atoms with Crippen LogP contribution in [-0.4, -0.2) is 215 Å². The Morgan fingerprint density at radius 1 is 0.500 bits per heavy atom. The molecule has 18 unspecified atom stereocenters. The normalized spacial score (nSPS) is 26.3. The molecule has 23 heteroatoms. The van der Waals surface area contributed by atoms with Gasteiger partial charge in [-0.3, -0.25) is 9.59 Å². The summed E-state index contributed by atoms with van der Waals surface area (Å²) in [5, 5.41) is 137. The summed E-state index contributed by atoms with van der Waals surface area (Å²) in [6.45, 7) is 2.19. The molecule has 14 N–H and O–H groups in total. The van der Waals surface area contributed by atoms with Crippen molar-refractivity contribution >= 4 is 17.8 Å². The van der Waals surface area contributed by atoms with Crippen molar-refractivity contribution in [2.24, 2.45) is 0 Å². The van der Waals surface area contributed by atoms with Gasteiger partial charge in [-0.2, -0.15) is 0 Å². The molecule has 0 aliphatic carbocycles. The van der Waals surface area contributed by atoms with Gasteiger partial charge in [-0.05, 0) is 51.4 Å². The van der Waals surface area contributed by atoms with Crippen LogP contribution in [0.2, 0.25) is 0 Å². The lowest BCUT2D eigenvalue weighted by Crippen LogP contribution is -2.70. The van der Waals surface area contributed by atoms with Crippen LogP contribution in [0.3, 0.4) is 0 Å². The molecule has 3 heterocycles. The molecular weight excluding hydrogens is 1360 g/mol. The van der Waals surface area contributed by atoms with Gasteiger partial charge in [0.15, 0.2) is 12.6 Å². The van der Waals surface area contributed by atoms with Crippen LogP contribution in [0.25, 0.3) is 0 Å². The van der Waals surface area contributed by atoms with Gasteiger partial charge in [0.2, 0.25) is 11.8 Å². The Balaban J connectivity index is 1.51. The Morgan fingerprint density at radius 3 is 1.33 bits per heavy atom. The predicted molar refractivity (Wildman–Crippen MR) is 412 cm³/mol. The number of ether oxygens (including phenoxy) is 6. The van der Waals surface area contributed by atoms with Gasteiger partial charge < -0.3 is 100 Å². The second-order valence-electron chi connectivity index (χ2n) is 30.7. The minimum atomic E-state index is -3.09. The summed E-state index contributed by atoms with van der Waals surface area (Å²) in [4.78, 5) is 38.7. The van der Waals surface area contributed by atoms with Gasteiger partial charge in [-0.15, -0.1) is 0 Å². The van der Waals surface area contributed by atoms with E-state index < -0.39 is 155 Å². The Hall–Kier alpha value is -3.05. The highest BCUT2D eigenvalue weighted by molar-refractivity contribution is 5.77. The minimum absolute atomic E-state index is 0.198. The average Bonchev–Trinajstić information content (AvgIpc) is 0.755. The van der Waals surface area contributed by atoms with Crippen LogP contribution in [0.1, 0.15) is 335 Å². The zero-order chi connectivity index (χ0) is 77.4. The number of unbranched alkanes of at least 4 members (excludes halogenated alkanes) is 43. The Labute approximate surface area is 637 Å². The van der Waals surface area contributed by atoms with E-state index in [2.05, 4.69) is 48.8 Å². The van der Waals surface area contributed by atoms with Crippen molar-refractivity contribution < 1.29 is 104 Å². The van der Waals surface area contributed by atoms with Crippen molar-refractivity contribution in [3.63, 3.8) is 0 Å². The molecule has 3 rings (SSSR count). The molecule has 620 valence electrons. The monoisotopic (exact) mass is 1510 g/mol. The first-order chi connectivity index (χ1) is 51.4. The molecule has 3 saturated heterocycles. The number of carboxylic acid groups (broad SMARTS) is 1. The molecule has 3 aliphatic rings. The molecule has 0 aromatic carbocycles. The quantitative estimate of drug-likeness (QED) is 0.0199. The summed E-state index contributed by atoms with van der Waals surface area (Å²) < 4.78 is 35.0. The fourth-order valence-corrected chi connectivity index (χ4v) is 14.6. The van der Waals surface area contributed by atoms with Gasteiger partial charge in [0.1, 0.15) is 67.1 Å². The van der Waals surface area contributed by atoms with Gasteiger partial charge in [0, 0.05) is 19.8 Å². The summed E-state index contributed by atoms with van der Waals surface area (Å²) >= 11 is 0. The van der Waals surface area contributed by atoms with Gasteiger partial charge in [0.25, 0.3) is 5.79 Å². The first-order valence-electron chi connectivity index (χ1n) is 42.4. The molecule has 0 aromatic rings. The number of rotatable bonds is 67.